The van der Waals surface area contributed by atoms with Gasteiger partial charge in [-0.25, -0.2) is 9.78 Å². The molecule has 1 rings (SSSR count). The predicted octanol–water partition coefficient (Wildman–Crippen LogP) is 3.44. The SMILES string of the molecule is CC(C)(C)CCOC(=O)c1ccc(Br)nc1. The number of nitrogens with zero attached hydrogens (tertiary/aromatic N) is 1. The summed E-state index contributed by atoms with van der Waals surface area (Å²) >= 11 is 3.21. The van der Waals surface area contributed by atoms with Gasteiger partial charge in [0.2, 0.25) is 0 Å². The summed E-state index contributed by atoms with van der Waals surface area (Å²) in [5.41, 5.74) is 0.662. The first-order chi connectivity index (χ1) is 7.38. The molecule has 0 bridgehead atoms. The van der Waals surface area contributed by atoms with E-state index in [9.17, 15) is 4.79 Å². The molecule has 0 saturated heterocycles. The molecule has 3 nitrogen and oxygen atoms in total. The Morgan fingerprint density at radius 2 is 2.12 bits per heavy atom. The van der Waals surface area contributed by atoms with E-state index in [1.807, 2.05) is 0 Å². The largest absolute Gasteiger partial charge is 0.462 e. The van der Waals surface area contributed by atoms with Crippen LogP contribution < -0.4 is 0 Å². The van der Waals surface area contributed by atoms with E-state index >= 15 is 0 Å². The summed E-state index contributed by atoms with van der Waals surface area (Å²) in [4.78, 5) is 15.5. The lowest BCUT2D eigenvalue weighted by Gasteiger charge is -2.17. The van der Waals surface area contributed by atoms with Crippen LogP contribution in [0.25, 0.3) is 0 Å². The Bertz CT molecular complexity index is 354. The topological polar surface area (TPSA) is 39.2 Å². The Kier molecular flexibility index (Phi) is 4.47. The molecular formula is C12H16BrNO2. The predicted molar refractivity (Wildman–Crippen MR) is 66.3 cm³/mol. The van der Waals surface area contributed by atoms with E-state index in [0.717, 1.165) is 6.42 Å². The standard InChI is InChI=1S/C12H16BrNO2/c1-12(2,3)6-7-16-11(15)9-4-5-10(13)14-8-9/h4-5,8H,6-7H2,1-3H3. The molecule has 0 aliphatic rings. The fourth-order valence-electron chi connectivity index (χ4n) is 1.03. The zero-order valence-electron chi connectivity index (χ0n) is 9.79. The molecule has 0 N–H and O–H groups in total. The van der Waals surface area contributed by atoms with Gasteiger partial charge in [0.1, 0.15) is 4.60 Å². The molecule has 16 heavy (non-hydrogen) atoms. The summed E-state index contributed by atoms with van der Waals surface area (Å²) < 4.78 is 5.86. The highest BCUT2D eigenvalue weighted by molar-refractivity contribution is 9.10. The number of ether oxygens (including phenoxy) is 1. The lowest BCUT2D eigenvalue weighted by Crippen LogP contribution is -2.13. The maximum absolute atomic E-state index is 11.6. The summed E-state index contributed by atoms with van der Waals surface area (Å²) in [6.07, 6.45) is 2.35. The smallest absolute Gasteiger partial charge is 0.339 e. The van der Waals surface area contributed by atoms with E-state index in [1.54, 1.807) is 12.1 Å². The van der Waals surface area contributed by atoms with Crippen LogP contribution in [0.4, 0.5) is 0 Å². The van der Waals surface area contributed by atoms with Gasteiger partial charge < -0.3 is 4.74 Å². The number of hydrogen-bond donors (Lipinski definition) is 0. The molecule has 1 heterocycles. The maximum atomic E-state index is 11.6. The van der Waals surface area contributed by atoms with Crippen molar-refractivity contribution in [2.75, 3.05) is 6.61 Å². The number of rotatable bonds is 3. The second kappa shape index (κ2) is 5.43. The number of halogens is 1. The van der Waals surface area contributed by atoms with Crippen molar-refractivity contribution < 1.29 is 9.53 Å². The highest BCUT2D eigenvalue weighted by Gasteiger charge is 2.12. The van der Waals surface area contributed by atoms with Crippen LogP contribution in [0.5, 0.6) is 0 Å². The zero-order chi connectivity index (χ0) is 12.2. The number of aromatic nitrogens is 1. The van der Waals surface area contributed by atoms with Crippen molar-refractivity contribution in [2.45, 2.75) is 27.2 Å². The molecule has 0 amide bonds. The first-order valence-electron chi connectivity index (χ1n) is 5.17. The highest BCUT2D eigenvalue weighted by Crippen LogP contribution is 2.18. The monoisotopic (exact) mass is 285 g/mol. The highest BCUT2D eigenvalue weighted by atomic mass is 79.9. The Morgan fingerprint density at radius 1 is 1.44 bits per heavy atom. The molecule has 0 atom stereocenters. The minimum Gasteiger partial charge on any atom is -0.462 e. The lowest BCUT2D eigenvalue weighted by molar-refractivity contribution is 0.0464. The van der Waals surface area contributed by atoms with Crippen molar-refractivity contribution in [1.82, 2.24) is 4.98 Å². The molecule has 0 aliphatic carbocycles. The van der Waals surface area contributed by atoms with E-state index < -0.39 is 0 Å². The van der Waals surface area contributed by atoms with Crippen molar-refractivity contribution in [3.63, 3.8) is 0 Å². The molecule has 1 aromatic rings. The van der Waals surface area contributed by atoms with Crippen LogP contribution in [0, 0.1) is 5.41 Å². The number of hydrogen-bond acceptors (Lipinski definition) is 3. The Balaban J connectivity index is 2.44. The van der Waals surface area contributed by atoms with Gasteiger partial charge in [-0.1, -0.05) is 20.8 Å². The Morgan fingerprint density at radius 3 is 2.62 bits per heavy atom. The van der Waals surface area contributed by atoms with Crippen molar-refractivity contribution in [3.05, 3.63) is 28.5 Å². The van der Waals surface area contributed by atoms with Crippen LogP contribution in [0.15, 0.2) is 22.9 Å². The number of pyridine rings is 1. The first kappa shape index (κ1) is 13.2. The number of carbonyl (C=O) groups excluding carboxylic acids is 1. The van der Waals surface area contributed by atoms with Crippen LogP contribution in [0.3, 0.4) is 0 Å². The minimum absolute atomic E-state index is 0.179. The number of carbonyl (C=O) groups is 1. The second-order valence-corrected chi connectivity index (χ2v) is 5.63. The zero-order valence-corrected chi connectivity index (χ0v) is 11.4. The first-order valence-corrected chi connectivity index (χ1v) is 5.96. The fraction of sp³-hybridized carbons (Fsp3) is 0.500. The van der Waals surface area contributed by atoms with Gasteiger partial charge in [0.15, 0.2) is 0 Å². The summed E-state index contributed by atoms with van der Waals surface area (Å²) in [6.45, 7) is 6.78. The third kappa shape index (κ3) is 4.75. The molecule has 0 aromatic carbocycles. The third-order valence-corrected chi connectivity index (χ3v) is 2.52. The lowest BCUT2D eigenvalue weighted by atomic mass is 9.93. The fourth-order valence-corrected chi connectivity index (χ4v) is 1.26. The van der Waals surface area contributed by atoms with Gasteiger partial charge in [-0.05, 0) is 39.9 Å². The van der Waals surface area contributed by atoms with Crippen molar-refractivity contribution in [3.8, 4) is 0 Å². The minimum atomic E-state index is -0.316. The number of esters is 1. The molecule has 88 valence electrons. The maximum Gasteiger partial charge on any atom is 0.339 e. The van der Waals surface area contributed by atoms with Crippen LogP contribution in [-0.2, 0) is 4.74 Å². The van der Waals surface area contributed by atoms with E-state index in [0.29, 0.717) is 16.8 Å². The average molecular weight is 286 g/mol. The molecular weight excluding hydrogens is 270 g/mol. The molecule has 0 spiro atoms. The van der Waals surface area contributed by atoms with Crippen molar-refractivity contribution in [1.29, 1.82) is 0 Å². The van der Waals surface area contributed by atoms with Gasteiger partial charge >= 0.3 is 5.97 Å². The summed E-state index contributed by atoms with van der Waals surface area (Å²) in [5.74, 6) is -0.316. The molecule has 1 aromatic heterocycles. The van der Waals surface area contributed by atoms with Crippen LogP contribution in [0.2, 0.25) is 0 Å². The molecule has 0 radical (unpaired) electrons. The van der Waals surface area contributed by atoms with Crippen molar-refractivity contribution >= 4 is 21.9 Å². The van der Waals surface area contributed by atoms with E-state index in [4.69, 9.17) is 4.74 Å². The molecule has 0 saturated carbocycles. The molecule has 0 unspecified atom stereocenters. The van der Waals surface area contributed by atoms with Gasteiger partial charge in [-0.2, -0.15) is 0 Å². The Hall–Kier alpha value is -0.900. The van der Waals surface area contributed by atoms with Gasteiger partial charge in [-0.3, -0.25) is 0 Å². The van der Waals surface area contributed by atoms with Crippen LogP contribution in [0.1, 0.15) is 37.6 Å². The van der Waals surface area contributed by atoms with Gasteiger partial charge in [0.05, 0.1) is 12.2 Å². The average Bonchev–Trinajstić information content (AvgIpc) is 2.16. The van der Waals surface area contributed by atoms with Gasteiger partial charge in [0.25, 0.3) is 0 Å². The quantitative estimate of drug-likeness (QED) is 0.631. The third-order valence-electron chi connectivity index (χ3n) is 2.05. The Labute approximate surface area is 104 Å². The summed E-state index contributed by atoms with van der Waals surface area (Å²) in [6, 6.07) is 3.41. The van der Waals surface area contributed by atoms with Gasteiger partial charge in [0, 0.05) is 6.20 Å². The molecule has 4 heteroatoms. The van der Waals surface area contributed by atoms with Crippen LogP contribution >= 0.6 is 15.9 Å². The summed E-state index contributed by atoms with van der Waals surface area (Å²) in [5, 5.41) is 0. The van der Waals surface area contributed by atoms with E-state index in [1.165, 1.54) is 6.20 Å². The summed E-state index contributed by atoms with van der Waals surface area (Å²) in [7, 11) is 0. The van der Waals surface area contributed by atoms with Crippen LogP contribution in [-0.4, -0.2) is 17.6 Å². The second-order valence-electron chi connectivity index (χ2n) is 4.82. The van der Waals surface area contributed by atoms with E-state index in [-0.39, 0.29) is 11.4 Å². The van der Waals surface area contributed by atoms with Crippen molar-refractivity contribution in [2.24, 2.45) is 5.41 Å². The molecule has 0 aliphatic heterocycles. The van der Waals surface area contributed by atoms with E-state index in [2.05, 4.69) is 41.7 Å². The molecule has 0 fully saturated rings. The normalized spacial score (nSPS) is 11.2. The van der Waals surface area contributed by atoms with Gasteiger partial charge in [-0.15, -0.1) is 0 Å².